The minimum atomic E-state index is -0.504. The molecule has 1 fully saturated rings. The maximum absolute atomic E-state index is 13.2. The van der Waals surface area contributed by atoms with Gasteiger partial charge in [0.2, 0.25) is 5.91 Å². The Kier molecular flexibility index (Phi) is 9.14. The lowest BCUT2D eigenvalue weighted by atomic mass is 9.81. The van der Waals surface area contributed by atoms with Crippen molar-refractivity contribution < 1.29 is 18.7 Å². The highest BCUT2D eigenvalue weighted by Gasteiger charge is 2.33. The second kappa shape index (κ2) is 11.9. The van der Waals surface area contributed by atoms with Crippen LogP contribution in [-0.4, -0.2) is 73.5 Å². The molecule has 190 valence electrons. The van der Waals surface area contributed by atoms with Gasteiger partial charge in [0.15, 0.2) is 0 Å². The van der Waals surface area contributed by atoms with Crippen LogP contribution in [0.4, 0.5) is 9.18 Å². The quantitative estimate of drug-likeness (QED) is 0.505. The Bertz CT molecular complexity index is 994. The zero-order valence-electron chi connectivity index (χ0n) is 21.0. The maximum atomic E-state index is 13.2. The van der Waals surface area contributed by atoms with E-state index in [1.54, 1.807) is 18.9 Å². The number of hydrogen-bond acceptors (Lipinski definition) is 4. The van der Waals surface area contributed by atoms with Crippen LogP contribution in [0.15, 0.2) is 48.5 Å². The normalized spacial score (nSPS) is 16.1. The highest BCUT2D eigenvalue weighted by atomic mass is 35.5. The zero-order chi connectivity index (χ0) is 25.6. The lowest BCUT2D eigenvalue weighted by Gasteiger charge is -2.39. The molecule has 6 nitrogen and oxygen atoms in total. The van der Waals surface area contributed by atoms with E-state index in [4.69, 9.17) is 16.3 Å². The topological polar surface area (TPSA) is 53.1 Å². The molecule has 0 radical (unpaired) electrons. The van der Waals surface area contributed by atoms with Crippen LogP contribution < -0.4 is 4.74 Å². The molecule has 0 aromatic heterocycles. The lowest BCUT2D eigenvalue weighted by molar-refractivity contribution is -0.130. The van der Waals surface area contributed by atoms with E-state index in [0.29, 0.717) is 23.2 Å². The van der Waals surface area contributed by atoms with E-state index in [1.165, 1.54) is 24.3 Å². The number of halogens is 2. The Balaban J connectivity index is 1.68. The minimum absolute atomic E-state index is 0.141. The van der Waals surface area contributed by atoms with Gasteiger partial charge in [0.1, 0.15) is 11.6 Å². The van der Waals surface area contributed by atoms with Crippen molar-refractivity contribution in [3.8, 4) is 5.75 Å². The van der Waals surface area contributed by atoms with Crippen LogP contribution in [0.3, 0.4) is 0 Å². The molecule has 1 atom stereocenters. The Morgan fingerprint density at radius 3 is 2.23 bits per heavy atom. The number of likely N-dealkylation sites (N-methyl/N-ethyl adjacent to an activating group) is 2. The average molecular weight is 504 g/mol. The van der Waals surface area contributed by atoms with Crippen molar-refractivity contribution in [3.63, 3.8) is 0 Å². The van der Waals surface area contributed by atoms with Crippen molar-refractivity contribution in [2.24, 2.45) is 5.92 Å². The molecule has 0 spiro atoms. The fourth-order valence-electron chi connectivity index (χ4n) is 4.89. The number of nitrogens with zero attached hydrogens (tertiary/aromatic N) is 3. The third-order valence-corrected chi connectivity index (χ3v) is 6.96. The molecule has 2 aromatic carbocycles. The fourth-order valence-corrected chi connectivity index (χ4v) is 5.01. The molecular weight excluding hydrogens is 469 g/mol. The van der Waals surface area contributed by atoms with Crippen LogP contribution in [0.25, 0.3) is 0 Å². The second-order valence-electron chi connectivity index (χ2n) is 9.89. The maximum Gasteiger partial charge on any atom is 0.414 e. The molecule has 0 aliphatic carbocycles. The van der Waals surface area contributed by atoms with Crippen molar-refractivity contribution in [2.75, 3.05) is 46.8 Å². The van der Waals surface area contributed by atoms with E-state index in [9.17, 15) is 14.0 Å². The van der Waals surface area contributed by atoms with Gasteiger partial charge in [-0.05, 0) is 67.8 Å². The average Bonchev–Trinajstić information content (AvgIpc) is 2.81. The van der Waals surface area contributed by atoms with Crippen LogP contribution in [0.1, 0.15) is 32.3 Å². The molecule has 0 N–H and O–H groups in total. The second-order valence-corrected chi connectivity index (χ2v) is 10.3. The van der Waals surface area contributed by atoms with Gasteiger partial charge >= 0.3 is 6.09 Å². The molecule has 8 heteroatoms. The number of carbonyl (C=O) groups excluding carboxylic acids is 2. The van der Waals surface area contributed by atoms with Crippen LogP contribution >= 0.6 is 11.6 Å². The lowest BCUT2D eigenvalue weighted by Crippen LogP contribution is -2.48. The molecule has 0 bridgehead atoms. The van der Waals surface area contributed by atoms with E-state index in [2.05, 4.69) is 18.9 Å². The van der Waals surface area contributed by atoms with E-state index in [1.807, 2.05) is 29.2 Å². The molecule has 1 saturated heterocycles. The highest BCUT2D eigenvalue weighted by molar-refractivity contribution is 6.30. The summed E-state index contributed by atoms with van der Waals surface area (Å²) >= 11 is 6.14. The predicted octanol–water partition coefficient (Wildman–Crippen LogP) is 5.06. The molecule has 2 amide bonds. The summed E-state index contributed by atoms with van der Waals surface area (Å²) in [5, 5.41) is 0.658. The number of benzene rings is 2. The van der Waals surface area contributed by atoms with Crippen LogP contribution in [0, 0.1) is 11.7 Å². The minimum Gasteiger partial charge on any atom is -0.410 e. The first-order valence-corrected chi connectivity index (χ1v) is 12.3. The number of carbonyl (C=O) groups is 2. The van der Waals surface area contributed by atoms with Crippen molar-refractivity contribution in [1.29, 1.82) is 0 Å². The fraction of sp³-hybridized carbons (Fsp3) is 0.481. The molecule has 0 saturated carbocycles. The monoisotopic (exact) mass is 503 g/mol. The Labute approximate surface area is 212 Å². The predicted molar refractivity (Wildman–Crippen MR) is 136 cm³/mol. The first-order chi connectivity index (χ1) is 16.6. The van der Waals surface area contributed by atoms with Gasteiger partial charge in [0.25, 0.3) is 0 Å². The first kappa shape index (κ1) is 27.0. The molecule has 1 unspecified atom stereocenters. The van der Waals surface area contributed by atoms with Gasteiger partial charge in [-0.1, -0.05) is 30.7 Å². The highest BCUT2D eigenvalue weighted by Crippen LogP contribution is 2.29. The van der Waals surface area contributed by atoms with E-state index < -0.39 is 11.5 Å². The van der Waals surface area contributed by atoms with E-state index >= 15 is 0 Å². The SMILES string of the molecule is CC(=O)N1CCC(CN(C)CC(C)(CN(C)C(=O)Oc2ccc(F)cc2)c2ccc(Cl)cc2)CC1. The number of rotatable bonds is 8. The van der Waals surface area contributed by atoms with Crippen molar-refractivity contribution >= 4 is 23.6 Å². The third-order valence-electron chi connectivity index (χ3n) is 6.71. The van der Waals surface area contributed by atoms with Crippen molar-refractivity contribution in [2.45, 2.75) is 32.1 Å². The molecular formula is C27H35ClFN3O3. The summed E-state index contributed by atoms with van der Waals surface area (Å²) in [6.45, 7) is 7.42. The summed E-state index contributed by atoms with van der Waals surface area (Å²) in [7, 11) is 3.81. The molecule has 1 aliphatic heterocycles. The summed E-state index contributed by atoms with van der Waals surface area (Å²) in [5.41, 5.74) is 0.678. The summed E-state index contributed by atoms with van der Waals surface area (Å²) in [4.78, 5) is 30.2. The first-order valence-electron chi connectivity index (χ1n) is 11.9. The number of hydrogen-bond donors (Lipinski definition) is 0. The number of piperidine rings is 1. The summed E-state index contributed by atoms with van der Waals surface area (Å²) in [6, 6.07) is 13.1. The summed E-state index contributed by atoms with van der Waals surface area (Å²) < 4.78 is 18.6. The summed E-state index contributed by atoms with van der Waals surface area (Å²) in [5.74, 6) is 0.572. The summed E-state index contributed by atoms with van der Waals surface area (Å²) in [6.07, 6.45) is 1.48. The number of ether oxygens (including phenoxy) is 1. The zero-order valence-corrected chi connectivity index (χ0v) is 21.7. The molecule has 1 heterocycles. The Hall–Kier alpha value is -2.64. The number of amides is 2. The van der Waals surface area contributed by atoms with Crippen molar-refractivity contribution in [3.05, 3.63) is 64.9 Å². The molecule has 35 heavy (non-hydrogen) atoms. The van der Waals surface area contributed by atoms with E-state index in [0.717, 1.165) is 44.6 Å². The number of likely N-dealkylation sites (tertiary alicyclic amines) is 1. The van der Waals surface area contributed by atoms with Gasteiger partial charge in [-0.15, -0.1) is 0 Å². The van der Waals surface area contributed by atoms with Gasteiger partial charge in [-0.3, -0.25) is 4.79 Å². The van der Waals surface area contributed by atoms with Crippen LogP contribution in [-0.2, 0) is 10.2 Å². The van der Waals surface area contributed by atoms with Gasteiger partial charge in [0.05, 0.1) is 0 Å². The smallest absolute Gasteiger partial charge is 0.410 e. The van der Waals surface area contributed by atoms with Crippen molar-refractivity contribution in [1.82, 2.24) is 14.7 Å². The largest absolute Gasteiger partial charge is 0.414 e. The van der Waals surface area contributed by atoms with E-state index in [-0.39, 0.29) is 11.7 Å². The van der Waals surface area contributed by atoms with Gasteiger partial charge in [-0.2, -0.15) is 0 Å². The van der Waals surface area contributed by atoms with Gasteiger partial charge < -0.3 is 19.4 Å². The third kappa shape index (κ3) is 7.67. The van der Waals surface area contributed by atoms with Crippen LogP contribution in [0.2, 0.25) is 5.02 Å². The van der Waals surface area contributed by atoms with Gasteiger partial charge in [-0.25, -0.2) is 9.18 Å². The molecule has 1 aliphatic rings. The molecule has 2 aromatic rings. The van der Waals surface area contributed by atoms with Crippen LogP contribution in [0.5, 0.6) is 5.75 Å². The Morgan fingerprint density at radius 2 is 1.66 bits per heavy atom. The molecule has 3 rings (SSSR count). The Morgan fingerprint density at radius 1 is 1.06 bits per heavy atom. The standard InChI is InChI=1S/C27H35ClFN3O3/c1-20(33)32-15-13-21(14-16-32)17-30(3)18-27(2,22-5-7-23(28)8-6-22)19-31(4)26(34)35-25-11-9-24(29)10-12-25/h5-12,21H,13-19H2,1-4H3. The van der Waals surface area contributed by atoms with Gasteiger partial charge in [0, 0.05) is 57.1 Å².